The van der Waals surface area contributed by atoms with Crippen LogP contribution in [0.25, 0.3) is 0 Å². The molecular weight excluding hydrogens is 256 g/mol. The van der Waals surface area contributed by atoms with E-state index < -0.39 is 11.8 Å². The van der Waals surface area contributed by atoms with Crippen molar-refractivity contribution in [1.29, 1.82) is 5.26 Å². The molecule has 2 rings (SSSR count). The minimum absolute atomic E-state index is 0.0824. The van der Waals surface area contributed by atoms with Crippen molar-refractivity contribution in [3.8, 4) is 6.07 Å². The van der Waals surface area contributed by atoms with Gasteiger partial charge in [0.05, 0.1) is 16.8 Å². The third-order valence-corrected chi connectivity index (χ3v) is 2.57. The van der Waals surface area contributed by atoms with Gasteiger partial charge in [0.1, 0.15) is 11.8 Å². The van der Waals surface area contributed by atoms with Crippen molar-refractivity contribution < 1.29 is 9.59 Å². The number of primary amides is 1. The predicted molar refractivity (Wildman–Crippen MR) is 71.9 cm³/mol. The summed E-state index contributed by atoms with van der Waals surface area (Å²) in [5.41, 5.74) is 6.19. The normalized spacial score (nSPS) is 9.55. The minimum Gasteiger partial charge on any atom is -0.364 e. The van der Waals surface area contributed by atoms with Crippen molar-refractivity contribution in [2.24, 2.45) is 5.73 Å². The van der Waals surface area contributed by atoms with E-state index in [0.29, 0.717) is 11.3 Å². The first-order valence-corrected chi connectivity index (χ1v) is 5.68. The quantitative estimate of drug-likeness (QED) is 0.872. The first-order valence-electron chi connectivity index (χ1n) is 5.68. The summed E-state index contributed by atoms with van der Waals surface area (Å²) in [5.74, 6) is -1.08. The van der Waals surface area contributed by atoms with Gasteiger partial charge in [-0.25, -0.2) is 0 Å². The van der Waals surface area contributed by atoms with E-state index in [0.717, 1.165) is 0 Å². The van der Waals surface area contributed by atoms with Crippen LogP contribution >= 0.6 is 0 Å². The van der Waals surface area contributed by atoms with Crippen LogP contribution in [0, 0.1) is 11.3 Å². The number of benzene rings is 1. The smallest absolute Gasteiger partial charge is 0.267 e. The molecule has 98 valence electrons. The van der Waals surface area contributed by atoms with Gasteiger partial charge < -0.3 is 11.1 Å². The van der Waals surface area contributed by atoms with E-state index in [1.54, 1.807) is 24.3 Å². The van der Waals surface area contributed by atoms with Gasteiger partial charge in [0.25, 0.3) is 11.8 Å². The number of para-hydroxylation sites is 1. The van der Waals surface area contributed by atoms with E-state index in [1.165, 1.54) is 18.3 Å². The summed E-state index contributed by atoms with van der Waals surface area (Å²) in [6.07, 6.45) is 1.25. The molecule has 3 N–H and O–H groups in total. The Labute approximate surface area is 114 Å². The molecule has 1 aromatic carbocycles. The monoisotopic (exact) mass is 266 g/mol. The largest absolute Gasteiger partial charge is 0.364 e. The fourth-order valence-electron chi connectivity index (χ4n) is 1.56. The number of hydrogen-bond acceptors (Lipinski definition) is 4. The molecule has 6 heteroatoms. The summed E-state index contributed by atoms with van der Waals surface area (Å²) >= 11 is 0. The van der Waals surface area contributed by atoms with Gasteiger partial charge in [-0.15, -0.1) is 0 Å². The third kappa shape index (κ3) is 2.79. The molecule has 1 heterocycles. The lowest BCUT2D eigenvalue weighted by Gasteiger charge is -2.06. The Hall–Kier alpha value is -3.20. The molecule has 0 saturated carbocycles. The van der Waals surface area contributed by atoms with Crippen LogP contribution in [-0.4, -0.2) is 16.8 Å². The van der Waals surface area contributed by atoms with Gasteiger partial charge in [-0.2, -0.15) is 5.26 Å². The van der Waals surface area contributed by atoms with Gasteiger partial charge in [-0.3, -0.25) is 14.6 Å². The number of nitrogens with two attached hydrogens (primary N) is 1. The first kappa shape index (κ1) is 13.2. The van der Waals surface area contributed by atoms with Crippen LogP contribution in [0.5, 0.6) is 0 Å². The highest BCUT2D eigenvalue weighted by Crippen LogP contribution is 2.14. The van der Waals surface area contributed by atoms with Gasteiger partial charge in [0.2, 0.25) is 0 Å². The fraction of sp³-hybridized carbons (Fsp3) is 0. The van der Waals surface area contributed by atoms with Crippen molar-refractivity contribution in [3.05, 3.63) is 59.4 Å². The van der Waals surface area contributed by atoms with Crippen LogP contribution in [-0.2, 0) is 0 Å². The van der Waals surface area contributed by atoms with E-state index in [2.05, 4.69) is 10.3 Å². The molecule has 0 aliphatic carbocycles. The molecule has 2 aromatic rings. The number of carbonyl (C=O) groups is 2. The molecule has 2 amide bonds. The lowest BCUT2D eigenvalue weighted by molar-refractivity contribution is 0.0990. The van der Waals surface area contributed by atoms with E-state index in [4.69, 9.17) is 11.0 Å². The van der Waals surface area contributed by atoms with Crippen molar-refractivity contribution in [2.75, 3.05) is 5.32 Å². The molecule has 0 radical (unpaired) electrons. The third-order valence-electron chi connectivity index (χ3n) is 2.57. The molecule has 6 nitrogen and oxygen atoms in total. The molecule has 0 atom stereocenters. The summed E-state index contributed by atoms with van der Waals surface area (Å²) < 4.78 is 0. The minimum atomic E-state index is -0.660. The number of rotatable bonds is 3. The van der Waals surface area contributed by atoms with Crippen LogP contribution in [0.1, 0.15) is 26.4 Å². The van der Waals surface area contributed by atoms with Gasteiger partial charge in [-0.1, -0.05) is 12.1 Å². The zero-order valence-electron chi connectivity index (χ0n) is 10.3. The van der Waals surface area contributed by atoms with Gasteiger partial charge in [0, 0.05) is 6.20 Å². The number of nitrogens with one attached hydrogen (secondary N) is 1. The molecular formula is C14H10N4O2. The number of aromatic nitrogens is 1. The Morgan fingerprint density at radius 1 is 1.20 bits per heavy atom. The highest BCUT2D eigenvalue weighted by Gasteiger charge is 2.10. The molecule has 1 aromatic heterocycles. The average molecular weight is 266 g/mol. The molecule has 0 unspecified atom stereocenters. The summed E-state index contributed by atoms with van der Waals surface area (Å²) in [7, 11) is 0. The molecule has 0 bridgehead atoms. The van der Waals surface area contributed by atoms with Crippen molar-refractivity contribution in [2.45, 2.75) is 0 Å². The molecule has 20 heavy (non-hydrogen) atoms. The highest BCUT2D eigenvalue weighted by atomic mass is 16.2. The maximum absolute atomic E-state index is 12.0. The number of hydrogen-bond donors (Lipinski definition) is 2. The Kier molecular flexibility index (Phi) is 3.72. The first-order chi connectivity index (χ1) is 9.61. The highest BCUT2D eigenvalue weighted by molar-refractivity contribution is 6.05. The van der Waals surface area contributed by atoms with Crippen LogP contribution in [0.15, 0.2) is 42.6 Å². The zero-order chi connectivity index (χ0) is 14.5. The zero-order valence-corrected chi connectivity index (χ0v) is 10.3. The second-order valence-corrected chi connectivity index (χ2v) is 3.91. The van der Waals surface area contributed by atoms with Crippen molar-refractivity contribution in [3.63, 3.8) is 0 Å². The number of amides is 2. The van der Waals surface area contributed by atoms with Crippen LogP contribution in [0.2, 0.25) is 0 Å². The molecule has 0 fully saturated rings. The van der Waals surface area contributed by atoms with E-state index >= 15 is 0 Å². The van der Waals surface area contributed by atoms with Crippen LogP contribution in [0.3, 0.4) is 0 Å². The van der Waals surface area contributed by atoms with Crippen LogP contribution < -0.4 is 11.1 Å². The second kappa shape index (κ2) is 5.63. The van der Waals surface area contributed by atoms with E-state index in [1.807, 2.05) is 6.07 Å². The Morgan fingerprint density at radius 2 is 1.95 bits per heavy atom. The molecule has 0 spiro atoms. The standard InChI is InChI=1S/C14H10N4O2/c15-7-9-3-1-2-4-11(9)18-14(20)10-5-6-12(13(16)19)17-8-10/h1-6,8H,(H2,16,19)(H,18,20). The lowest BCUT2D eigenvalue weighted by atomic mass is 10.2. The maximum atomic E-state index is 12.0. The number of nitrogens with zero attached hydrogens (tertiary/aromatic N) is 2. The van der Waals surface area contributed by atoms with Crippen molar-refractivity contribution in [1.82, 2.24) is 4.98 Å². The molecule has 0 aliphatic heterocycles. The SMILES string of the molecule is N#Cc1ccccc1NC(=O)c1ccc(C(N)=O)nc1. The summed E-state index contributed by atoms with van der Waals surface area (Å²) in [6, 6.07) is 11.4. The predicted octanol–water partition coefficient (Wildman–Crippen LogP) is 1.30. The summed E-state index contributed by atoms with van der Waals surface area (Å²) in [6.45, 7) is 0. The van der Waals surface area contributed by atoms with E-state index in [9.17, 15) is 9.59 Å². The molecule has 0 aliphatic rings. The van der Waals surface area contributed by atoms with Gasteiger partial charge in [0.15, 0.2) is 0 Å². The number of nitriles is 1. The van der Waals surface area contributed by atoms with Crippen LogP contribution in [0.4, 0.5) is 5.69 Å². The van der Waals surface area contributed by atoms with Crippen molar-refractivity contribution >= 4 is 17.5 Å². The Balaban J connectivity index is 2.20. The summed E-state index contributed by atoms with van der Waals surface area (Å²) in [4.78, 5) is 26.6. The Morgan fingerprint density at radius 3 is 2.55 bits per heavy atom. The lowest BCUT2D eigenvalue weighted by Crippen LogP contribution is -2.16. The topological polar surface area (TPSA) is 109 Å². The number of pyridine rings is 1. The maximum Gasteiger partial charge on any atom is 0.267 e. The number of anilines is 1. The molecule has 0 saturated heterocycles. The second-order valence-electron chi connectivity index (χ2n) is 3.91. The van der Waals surface area contributed by atoms with Gasteiger partial charge >= 0.3 is 0 Å². The Bertz CT molecular complexity index is 702. The van der Waals surface area contributed by atoms with E-state index in [-0.39, 0.29) is 11.3 Å². The fourth-order valence-corrected chi connectivity index (χ4v) is 1.56. The van der Waals surface area contributed by atoms with Gasteiger partial charge in [-0.05, 0) is 24.3 Å². The average Bonchev–Trinajstić information content (AvgIpc) is 2.48. The number of carbonyl (C=O) groups excluding carboxylic acids is 2. The summed E-state index contributed by atoms with van der Waals surface area (Å²) in [5, 5.41) is 11.5.